The van der Waals surface area contributed by atoms with Crippen molar-refractivity contribution >= 4 is 17.1 Å². The van der Waals surface area contributed by atoms with E-state index in [0.717, 1.165) is 5.56 Å². The number of aromatic nitrogens is 3. The summed E-state index contributed by atoms with van der Waals surface area (Å²) in [4.78, 5) is 28.4. The van der Waals surface area contributed by atoms with Crippen molar-refractivity contribution in [3.8, 4) is 0 Å². The third-order valence-corrected chi connectivity index (χ3v) is 4.58. The first-order valence-corrected chi connectivity index (χ1v) is 9.16. The zero-order valence-electron chi connectivity index (χ0n) is 15.6. The molecular weight excluding hydrogens is 362 g/mol. The summed E-state index contributed by atoms with van der Waals surface area (Å²) in [5.74, 6) is -1.11. The van der Waals surface area contributed by atoms with E-state index in [-0.39, 0.29) is 17.8 Å². The number of pyridine rings is 1. The molecule has 3 rings (SSSR count). The summed E-state index contributed by atoms with van der Waals surface area (Å²) in [6, 6.07) is 10.6. The van der Waals surface area contributed by atoms with Crippen LogP contribution in [0.15, 0.2) is 47.4 Å². The number of carboxylic acid groups (broad SMARTS) is 1. The standard InChI is InChI=1S/C20H23N3O5/c1-2-28-11-10-23-18-16(12-15(13-21-18)19(25)26)22(20(23)27)9-8-17(24)14-6-4-3-5-7-14/h3-7,12-13,17,24H,2,8-11H2,1H3,(H,25,26)/t17-/m0/s1. The predicted molar refractivity (Wildman–Crippen MR) is 103 cm³/mol. The number of aliphatic hydroxyl groups is 1. The van der Waals surface area contributed by atoms with Gasteiger partial charge in [-0.05, 0) is 25.0 Å². The molecule has 3 aromatic rings. The van der Waals surface area contributed by atoms with Gasteiger partial charge in [-0.15, -0.1) is 0 Å². The fourth-order valence-electron chi connectivity index (χ4n) is 3.12. The molecule has 0 amide bonds. The minimum atomic E-state index is -1.11. The monoisotopic (exact) mass is 385 g/mol. The van der Waals surface area contributed by atoms with Crippen molar-refractivity contribution < 1.29 is 19.7 Å². The third kappa shape index (κ3) is 4.13. The highest BCUT2D eigenvalue weighted by Crippen LogP contribution is 2.19. The van der Waals surface area contributed by atoms with Gasteiger partial charge in [-0.1, -0.05) is 30.3 Å². The molecule has 0 aliphatic carbocycles. The predicted octanol–water partition coefficient (Wildman–Crippen LogP) is 2.06. The normalized spacial score (nSPS) is 12.4. The molecule has 0 saturated heterocycles. The Labute approximate surface area is 161 Å². The molecule has 2 heterocycles. The van der Waals surface area contributed by atoms with E-state index in [1.807, 2.05) is 37.3 Å². The van der Waals surface area contributed by atoms with Crippen LogP contribution < -0.4 is 5.69 Å². The Bertz CT molecular complexity index is 1010. The van der Waals surface area contributed by atoms with Gasteiger partial charge in [0, 0.05) is 19.3 Å². The molecule has 0 unspecified atom stereocenters. The number of hydrogen-bond donors (Lipinski definition) is 2. The maximum atomic E-state index is 12.9. The van der Waals surface area contributed by atoms with Gasteiger partial charge in [0.15, 0.2) is 5.65 Å². The molecule has 2 N–H and O–H groups in total. The van der Waals surface area contributed by atoms with Crippen LogP contribution in [0.3, 0.4) is 0 Å². The second kappa shape index (κ2) is 8.81. The van der Waals surface area contributed by atoms with E-state index in [4.69, 9.17) is 4.74 Å². The number of hydrogen-bond acceptors (Lipinski definition) is 5. The van der Waals surface area contributed by atoms with E-state index in [9.17, 15) is 19.8 Å². The number of carbonyl (C=O) groups is 1. The van der Waals surface area contributed by atoms with Gasteiger partial charge in [-0.2, -0.15) is 0 Å². The highest BCUT2D eigenvalue weighted by molar-refractivity contribution is 5.90. The number of carboxylic acids is 1. The molecule has 2 aromatic heterocycles. The zero-order chi connectivity index (χ0) is 20.1. The average molecular weight is 385 g/mol. The second-order valence-corrected chi connectivity index (χ2v) is 6.37. The Kier molecular flexibility index (Phi) is 6.23. The summed E-state index contributed by atoms with van der Waals surface area (Å²) in [5.41, 5.74) is 1.31. The minimum Gasteiger partial charge on any atom is -0.478 e. The first-order chi connectivity index (χ1) is 13.5. The number of aryl methyl sites for hydroxylation is 1. The van der Waals surface area contributed by atoms with E-state index in [1.165, 1.54) is 21.4 Å². The molecule has 0 aliphatic rings. The Morgan fingerprint density at radius 3 is 2.64 bits per heavy atom. The fraction of sp³-hybridized carbons (Fsp3) is 0.350. The highest BCUT2D eigenvalue weighted by Gasteiger charge is 2.18. The van der Waals surface area contributed by atoms with Crippen molar-refractivity contribution in [1.82, 2.24) is 14.1 Å². The summed E-state index contributed by atoms with van der Waals surface area (Å²) in [6.07, 6.45) is 0.821. The lowest BCUT2D eigenvalue weighted by molar-refractivity contribution is 0.0696. The van der Waals surface area contributed by atoms with E-state index in [2.05, 4.69) is 4.98 Å². The topological polar surface area (TPSA) is 107 Å². The largest absolute Gasteiger partial charge is 0.478 e. The van der Waals surface area contributed by atoms with Crippen molar-refractivity contribution in [2.45, 2.75) is 32.5 Å². The smallest absolute Gasteiger partial charge is 0.337 e. The Balaban J connectivity index is 1.94. The van der Waals surface area contributed by atoms with Gasteiger partial charge in [0.2, 0.25) is 0 Å². The quantitative estimate of drug-likeness (QED) is 0.546. The summed E-state index contributed by atoms with van der Waals surface area (Å²) in [7, 11) is 0. The van der Waals surface area contributed by atoms with Crippen LogP contribution in [0.25, 0.3) is 11.2 Å². The molecule has 0 spiro atoms. The number of aliphatic hydroxyl groups excluding tert-OH is 1. The Hall–Kier alpha value is -2.97. The van der Waals surface area contributed by atoms with Crippen LogP contribution in [-0.2, 0) is 17.8 Å². The van der Waals surface area contributed by atoms with Crippen molar-refractivity contribution in [2.75, 3.05) is 13.2 Å². The molecule has 1 atom stereocenters. The van der Waals surface area contributed by atoms with Crippen LogP contribution in [0.4, 0.5) is 0 Å². The van der Waals surface area contributed by atoms with Crippen molar-refractivity contribution in [2.24, 2.45) is 0 Å². The van der Waals surface area contributed by atoms with Gasteiger partial charge in [0.1, 0.15) is 0 Å². The molecule has 0 bridgehead atoms. The first-order valence-electron chi connectivity index (χ1n) is 9.16. The number of aromatic carboxylic acids is 1. The molecule has 28 heavy (non-hydrogen) atoms. The SMILES string of the molecule is CCOCCn1c(=O)n(CC[C@H](O)c2ccccc2)c2cc(C(=O)O)cnc21. The zero-order valence-corrected chi connectivity index (χ0v) is 15.6. The molecule has 0 aliphatic heterocycles. The van der Waals surface area contributed by atoms with E-state index < -0.39 is 12.1 Å². The molecular formula is C20H23N3O5. The lowest BCUT2D eigenvalue weighted by Gasteiger charge is -2.11. The van der Waals surface area contributed by atoms with Crippen LogP contribution >= 0.6 is 0 Å². The number of rotatable bonds is 9. The number of fused-ring (bicyclic) bond motifs is 1. The summed E-state index contributed by atoms with van der Waals surface area (Å²) in [5, 5.41) is 19.7. The molecule has 8 nitrogen and oxygen atoms in total. The van der Waals surface area contributed by atoms with Gasteiger partial charge < -0.3 is 14.9 Å². The molecule has 0 radical (unpaired) electrons. The maximum absolute atomic E-state index is 12.9. The molecule has 8 heteroatoms. The average Bonchev–Trinajstić information content (AvgIpc) is 2.97. The van der Waals surface area contributed by atoms with E-state index in [0.29, 0.717) is 37.3 Å². The minimum absolute atomic E-state index is 0.00631. The van der Waals surface area contributed by atoms with Crippen molar-refractivity contribution in [3.05, 3.63) is 64.2 Å². The lowest BCUT2D eigenvalue weighted by Crippen LogP contribution is -2.26. The van der Waals surface area contributed by atoms with Gasteiger partial charge in [-0.3, -0.25) is 9.13 Å². The number of nitrogens with zero attached hydrogens (tertiary/aromatic N) is 3. The summed E-state index contributed by atoms with van der Waals surface area (Å²) in [6.45, 7) is 3.31. The third-order valence-electron chi connectivity index (χ3n) is 4.58. The van der Waals surface area contributed by atoms with Crippen LogP contribution in [0.5, 0.6) is 0 Å². The van der Waals surface area contributed by atoms with E-state index in [1.54, 1.807) is 0 Å². The van der Waals surface area contributed by atoms with Gasteiger partial charge in [0.25, 0.3) is 0 Å². The Morgan fingerprint density at radius 1 is 1.21 bits per heavy atom. The number of ether oxygens (including phenoxy) is 1. The van der Waals surface area contributed by atoms with Gasteiger partial charge in [0.05, 0.1) is 30.3 Å². The van der Waals surface area contributed by atoms with E-state index >= 15 is 0 Å². The molecule has 148 valence electrons. The second-order valence-electron chi connectivity index (χ2n) is 6.37. The van der Waals surface area contributed by atoms with Crippen LogP contribution in [-0.4, -0.2) is 43.5 Å². The van der Waals surface area contributed by atoms with Crippen molar-refractivity contribution in [3.63, 3.8) is 0 Å². The van der Waals surface area contributed by atoms with Crippen LogP contribution in [0.2, 0.25) is 0 Å². The molecule has 0 fully saturated rings. The molecule has 0 saturated carbocycles. The van der Waals surface area contributed by atoms with Gasteiger partial charge >= 0.3 is 11.7 Å². The van der Waals surface area contributed by atoms with Crippen LogP contribution in [0.1, 0.15) is 35.4 Å². The van der Waals surface area contributed by atoms with Crippen molar-refractivity contribution in [1.29, 1.82) is 0 Å². The fourth-order valence-corrected chi connectivity index (χ4v) is 3.12. The summed E-state index contributed by atoms with van der Waals surface area (Å²) < 4.78 is 8.28. The lowest BCUT2D eigenvalue weighted by atomic mass is 10.1. The Morgan fingerprint density at radius 2 is 1.96 bits per heavy atom. The highest BCUT2D eigenvalue weighted by atomic mass is 16.5. The number of benzene rings is 1. The maximum Gasteiger partial charge on any atom is 0.337 e. The summed E-state index contributed by atoms with van der Waals surface area (Å²) >= 11 is 0. The van der Waals surface area contributed by atoms with Gasteiger partial charge in [-0.25, -0.2) is 14.6 Å². The number of imidazole rings is 1. The molecule has 1 aromatic carbocycles. The van der Waals surface area contributed by atoms with Crippen LogP contribution in [0, 0.1) is 0 Å². The first kappa shape index (κ1) is 19.8.